The minimum atomic E-state index is -5.30. The van der Waals surface area contributed by atoms with Crippen molar-refractivity contribution in [3.63, 3.8) is 0 Å². The van der Waals surface area contributed by atoms with Gasteiger partial charge in [-0.2, -0.15) is 13.2 Å². The molecule has 3 atom stereocenters. The highest BCUT2D eigenvalue weighted by molar-refractivity contribution is 7.84. The summed E-state index contributed by atoms with van der Waals surface area (Å²) < 4.78 is 90.1. The lowest BCUT2D eigenvalue weighted by Gasteiger charge is -2.32. The standard InChI is InChI=1S/C32H36F4N2O7S/c1-29(2,3)46(42)38-30(4)18-45-28-24(30)17-26(37-27(28)19-6-8-21(33)9-7-19)31(41,32(34,35)36)11-10-25(40)20-14-22(43-5)16-23(15-20)44-13-12-39/h6-9,14-17,38-39,41H,10-13,18H2,1-5H3/t30-,31-,46?/m1/s1. The van der Waals surface area contributed by atoms with Crippen molar-refractivity contribution in [3.8, 4) is 28.5 Å². The molecule has 0 radical (unpaired) electrons. The van der Waals surface area contributed by atoms with Crippen molar-refractivity contribution in [2.24, 2.45) is 0 Å². The number of nitrogens with zero attached hydrogens (tertiary/aromatic N) is 1. The second-order valence-corrected chi connectivity index (χ2v) is 14.1. The number of aromatic nitrogens is 1. The molecule has 3 aromatic rings. The molecule has 46 heavy (non-hydrogen) atoms. The molecule has 0 aliphatic carbocycles. The molecule has 1 aliphatic rings. The van der Waals surface area contributed by atoms with Gasteiger partial charge in [-0.1, -0.05) is 0 Å². The van der Waals surface area contributed by atoms with E-state index in [2.05, 4.69) is 9.71 Å². The van der Waals surface area contributed by atoms with E-state index in [-0.39, 0.29) is 59.5 Å². The Morgan fingerprint density at radius 3 is 2.35 bits per heavy atom. The summed E-state index contributed by atoms with van der Waals surface area (Å²) in [6.07, 6.45) is -7.16. The molecule has 4 rings (SSSR count). The van der Waals surface area contributed by atoms with Gasteiger partial charge in [-0.05, 0) is 76.6 Å². The molecule has 1 unspecified atom stereocenters. The summed E-state index contributed by atoms with van der Waals surface area (Å²) in [6.45, 7) is 6.26. The SMILES string of the molecule is COc1cc(OCCO)cc(C(=O)CC[C@@](O)(c2cc3c(c(-c4ccc(F)cc4)n2)OC[C@@]3(C)NS(=O)C(C)(C)C)C(F)(F)F)c1. The molecule has 0 spiro atoms. The molecule has 2 aromatic carbocycles. The van der Waals surface area contributed by atoms with Gasteiger partial charge in [0.05, 0.1) is 40.7 Å². The number of methoxy groups -OCH3 is 1. The van der Waals surface area contributed by atoms with Crippen LogP contribution in [0, 0.1) is 5.82 Å². The zero-order valence-electron chi connectivity index (χ0n) is 26.0. The predicted molar refractivity (Wildman–Crippen MR) is 163 cm³/mol. The number of nitrogens with one attached hydrogen (secondary N) is 1. The summed E-state index contributed by atoms with van der Waals surface area (Å²) >= 11 is 0. The van der Waals surface area contributed by atoms with Crippen molar-refractivity contribution < 1.29 is 51.0 Å². The van der Waals surface area contributed by atoms with Crippen LogP contribution in [0.15, 0.2) is 48.5 Å². The molecule has 1 aromatic heterocycles. The van der Waals surface area contributed by atoms with Crippen LogP contribution in [0.25, 0.3) is 11.3 Å². The van der Waals surface area contributed by atoms with Crippen LogP contribution in [-0.4, -0.2) is 63.0 Å². The number of aliphatic hydroxyl groups excluding tert-OH is 1. The number of carbonyl (C=O) groups is 1. The molecule has 9 nitrogen and oxygen atoms in total. The highest BCUT2D eigenvalue weighted by atomic mass is 32.2. The van der Waals surface area contributed by atoms with E-state index < -0.39 is 63.2 Å². The Morgan fingerprint density at radius 2 is 1.76 bits per heavy atom. The van der Waals surface area contributed by atoms with E-state index in [0.29, 0.717) is 0 Å². The van der Waals surface area contributed by atoms with Gasteiger partial charge < -0.3 is 24.4 Å². The molecule has 3 N–H and O–H groups in total. The topological polar surface area (TPSA) is 127 Å². The third-order valence-corrected chi connectivity index (χ3v) is 9.22. The van der Waals surface area contributed by atoms with Crippen molar-refractivity contribution in [2.45, 2.75) is 62.6 Å². The van der Waals surface area contributed by atoms with E-state index in [0.717, 1.165) is 18.2 Å². The van der Waals surface area contributed by atoms with Gasteiger partial charge in [-0.3, -0.25) is 4.79 Å². The number of halogens is 4. The number of fused-ring (bicyclic) bond motifs is 1. The van der Waals surface area contributed by atoms with E-state index in [9.17, 15) is 31.7 Å². The van der Waals surface area contributed by atoms with Gasteiger partial charge in [0.15, 0.2) is 11.5 Å². The number of hydrogen-bond acceptors (Lipinski definition) is 8. The molecule has 0 saturated heterocycles. The number of Topliss-reactive ketones (excluding diaryl/α,β-unsaturated/α-hetero) is 1. The molecule has 0 bridgehead atoms. The van der Waals surface area contributed by atoms with Crippen LogP contribution in [0.4, 0.5) is 17.6 Å². The molecule has 0 fully saturated rings. The summed E-state index contributed by atoms with van der Waals surface area (Å²) in [7, 11) is -0.338. The Labute approximate surface area is 266 Å². The smallest absolute Gasteiger partial charge is 0.422 e. The Balaban J connectivity index is 1.80. The number of carbonyl (C=O) groups excluding carboxylic acids is 1. The first-order chi connectivity index (χ1) is 21.4. The third kappa shape index (κ3) is 7.35. The van der Waals surface area contributed by atoms with Crippen molar-refractivity contribution in [2.75, 3.05) is 26.9 Å². The van der Waals surface area contributed by atoms with Gasteiger partial charge in [0.2, 0.25) is 5.60 Å². The average molecular weight is 669 g/mol. The number of aliphatic hydroxyl groups is 2. The first kappa shape index (κ1) is 35.3. The highest BCUT2D eigenvalue weighted by Crippen LogP contribution is 2.49. The molecule has 0 amide bonds. The second-order valence-electron chi connectivity index (χ2n) is 12.1. The lowest BCUT2D eigenvalue weighted by Crippen LogP contribution is -2.47. The molecular formula is C32H36F4N2O7S. The lowest BCUT2D eigenvalue weighted by molar-refractivity contribution is -0.270. The van der Waals surface area contributed by atoms with Crippen molar-refractivity contribution in [1.29, 1.82) is 0 Å². The van der Waals surface area contributed by atoms with Gasteiger partial charge in [-0.15, -0.1) is 0 Å². The monoisotopic (exact) mass is 668 g/mol. The molecule has 2 heterocycles. The van der Waals surface area contributed by atoms with Gasteiger partial charge in [0.25, 0.3) is 0 Å². The summed E-state index contributed by atoms with van der Waals surface area (Å²) in [5.41, 5.74) is -5.45. The van der Waals surface area contributed by atoms with Crippen LogP contribution in [0.5, 0.6) is 17.2 Å². The summed E-state index contributed by atoms with van der Waals surface area (Å²) in [6, 6.07) is 9.98. The Bertz CT molecular complexity index is 1610. The fraction of sp³-hybridized carbons (Fsp3) is 0.438. The van der Waals surface area contributed by atoms with Crippen molar-refractivity contribution in [1.82, 2.24) is 9.71 Å². The van der Waals surface area contributed by atoms with Crippen LogP contribution in [0.3, 0.4) is 0 Å². The largest absolute Gasteiger partial charge is 0.497 e. The number of pyridine rings is 1. The second kappa shape index (κ2) is 13.3. The van der Waals surface area contributed by atoms with E-state index in [1.165, 1.54) is 37.4 Å². The van der Waals surface area contributed by atoms with Gasteiger partial charge in [0, 0.05) is 29.2 Å². The van der Waals surface area contributed by atoms with Crippen LogP contribution in [0.2, 0.25) is 0 Å². The Morgan fingerprint density at radius 1 is 1.11 bits per heavy atom. The number of ether oxygens (including phenoxy) is 3. The van der Waals surface area contributed by atoms with Crippen LogP contribution in [0.1, 0.15) is 62.2 Å². The lowest BCUT2D eigenvalue weighted by atomic mass is 9.86. The molecule has 14 heteroatoms. The van der Waals surface area contributed by atoms with Gasteiger partial charge in [0.1, 0.15) is 36.2 Å². The number of alkyl halides is 3. The average Bonchev–Trinajstić information content (AvgIpc) is 3.33. The maximum atomic E-state index is 14.9. The number of hydrogen-bond donors (Lipinski definition) is 3. The number of benzene rings is 2. The summed E-state index contributed by atoms with van der Waals surface area (Å²) in [5, 5.41) is 20.5. The summed E-state index contributed by atoms with van der Waals surface area (Å²) in [5.74, 6) is -0.883. The molecule has 0 saturated carbocycles. The van der Waals surface area contributed by atoms with Gasteiger partial charge >= 0.3 is 6.18 Å². The normalized spacial score (nSPS) is 18.3. The minimum absolute atomic E-state index is 0.0273. The van der Waals surface area contributed by atoms with Crippen LogP contribution >= 0.6 is 0 Å². The molecular weight excluding hydrogens is 632 g/mol. The minimum Gasteiger partial charge on any atom is -0.497 e. The molecule has 1 aliphatic heterocycles. The maximum Gasteiger partial charge on any atom is 0.422 e. The fourth-order valence-corrected chi connectivity index (χ4v) is 5.68. The highest BCUT2D eigenvalue weighted by Gasteiger charge is 2.57. The van der Waals surface area contributed by atoms with E-state index in [1.54, 1.807) is 27.7 Å². The first-order valence-electron chi connectivity index (χ1n) is 14.3. The maximum absolute atomic E-state index is 14.9. The van der Waals surface area contributed by atoms with E-state index in [4.69, 9.17) is 19.3 Å². The van der Waals surface area contributed by atoms with Gasteiger partial charge in [-0.25, -0.2) is 18.3 Å². The van der Waals surface area contributed by atoms with Crippen LogP contribution in [-0.2, 0) is 22.1 Å². The number of ketones is 1. The quantitative estimate of drug-likeness (QED) is 0.175. The molecule has 250 valence electrons. The van der Waals surface area contributed by atoms with Crippen LogP contribution < -0.4 is 18.9 Å². The zero-order chi connectivity index (χ0) is 34.1. The number of rotatable bonds is 12. The van der Waals surface area contributed by atoms with E-state index >= 15 is 0 Å². The van der Waals surface area contributed by atoms with Crippen molar-refractivity contribution >= 4 is 16.8 Å². The van der Waals surface area contributed by atoms with Crippen molar-refractivity contribution in [3.05, 3.63) is 71.2 Å². The summed E-state index contributed by atoms with van der Waals surface area (Å²) in [4.78, 5) is 17.4. The first-order valence-corrected chi connectivity index (χ1v) is 15.5. The predicted octanol–water partition coefficient (Wildman–Crippen LogP) is 5.34. The van der Waals surface area contributed by atoms with E-state index in [1.807, 2.05) is 0 Å². The third-order valence-electron chi connectivity index (χ3n) is 7.47. The fourth-order valence-electron chi connectivity index (χ4n) is 4.79. The Kier molecular flexibility index (Phi) is 10.2. The zero-order valence-corrected chi connectivity index (χ0v) is 26.8. The Hall–Kier alpha value is -3.59.